The molecule has 3 nitrogen and oxygen atoms in total. The molecule has 1 aromatic heterocycles. The zero-order chi connectivity index (χ0) is 11.2. The van der Waals surface area contributed by atoms with Crippen LogP contribution in [0.4, 0.5) is 0 Å². The summed E-state index contributed by atoms with van der Waals surface area (Å²) in [6.07, 6.45) is 4.76. The maximum absolute atomic E-state index is 9.81. The van der Waals surface area contributed by atoms with Gasteiger partial charge in [0, 0.05) is 23.3 Å². The number of rotatable bonds is 4. The summed E-state index contributed by atoms with van der Waals surface area (Å²) in [4.78, 5) is 0. The summed E-state index contributed by atoms with van der Waals surface area (Å²) in [5.41, 5.74) is 1.27. The molecule has 2 aromatic rings. The topological polar surface area (TPSA) is 32.3 Å². The van der Waals surface area contributed by atoms with E-state index >= 15 is 0 Å². The lowest BCUT2D eigenvalue weighted by Gasteiger charge is -2.03. The van der Waals surface area contributed by atoms with Crippen molar-refractivity contribution in [3.05, 3.63) is 46.7 Å². The smallest absolute Gasteiger partial charge is 0.298 e. The van der Waals surface area contributed by atoms with Gasteiger partial charge in [0.15, 0.2) is 0 Å². The summed E-state index contributed by atoms with van der Waals surface area (Å²) in [6.45, 7) is 0.980. The number of nitrogens with zero attached hydrogens (tertiary/aromatic N) is 2. The minimum atomic E-state index is 0.655. The van der Waals surface area contributed by atoms with E-state index in [0.717, 1.165) is 19.4 Å². The zero-order valence-corrected chi connectivity index (χ0v) is 9.10. The minimum Gasteiger partial charge on any atom is -0.498 e. The number of benzene rings is 1. The first-order chi connectivity index (χ1) is 7.92. The fraction of sp³-hybridized carbons (Fsp3) is 0.308. The highest BCUT2D eigenvalue weighted by Gasteiger charge is 1.99. The molecular formula is C13H14N2O. The molecule has 0 fully saturated rings. The molecule has 0 spiro atoms. The average Bonchev–Trinajstić information content (AvgIpc) is 2.73. The molecule has 0 aliphatic carbocycles. The van der Waals surface area contributed by atoms with Crippen molar-refractivity contribution >= 4 is 10.9 Å². The molecule has 0 bridgehead atoms. The van der Waals surface area contributed by atoms with Crippen LogP contribution in [0.1, 0.15) is 19.3 Å². The maximum atomic E-state index is 9.81. The highest BCUT2D eigenvalue weighted by atomic mass is 16.4. The quantitative estimate of drug-likeness (QED) is 0.564. The number of aromatic nitrogens is 1. The fourth-order valence-electron chi connectivity index (χ4n) is 1.87. The number of hydrogen-bond acceptors (Lipinski definition) is 1. The van der Waals surface area contributed by atoms with Gasteiger partial charge in [-0.2, -0.15) is 0 Å². The lowest BCUT2D eigenvalue weighted by Crippen LogP contribution is -1.95. The van der Waals surface area contributed by atoms with Crippen LogP contribution in [0.5, 0.6) is 0 Å². The Labute approximate surface area is 94.7 Å². The van der Waals surface area contributed by atoms with Gasteiger partial charge in [-0.05, 0) is 30.4 Å². The lowest BCUT2D eigenvalue weighted by atomic mass is 10.2. The highest BCUT2D eigenvalue weighted by molar-refractivity contribution is 5.79. The zero-order valence-electron chi connectivity index (χ0n) is 9.10. The first kappa shape index (κ1) is 10.6. The molecule has 16 heavy (non-hydrogen) atoms. The van der Waals surface area contributed by atoms with Gasteiger partial charge in [-0.1, -0.05) is 18.2 Å². The Kier molecular flexibility index (Phi) is 3.45. The van der Waals surface area contributed by atoms with Crippen LogP contribution < -0.4 is 0 Å². The fourth-order valence-corrected chi connectivity index (χ4v) is 1.87. The minimum absolute atomic E-state index is 0.655. The molecule has 2 rings (SSSR count). The van der Waals surface area contributed by atoms with Crippen LogP contribution in [0.15, 0.2) is 36.5 Å². The Bertz CT molecular complexity index is 519. The standard InChI is InChI=1S/C13H14N2O/c16-14-9-4-1-5-10-15-11-8-12-6-2-3-7-13(12)15/h2-3,6-8,11H,1,4-5,10H2. The van der Waals surface area contributed by atoms with Crippen LogP contribution in [-0.4, -0.2) is 4.57 Å². The van der Waals surface area contributed by atoms with Crippen LogP contribution in [0.3, 0.4) is 0 Å². The van der Waals surface area contributed by atoms with Crippen LogP contribution in [0.25, 0.3) is 15.9 Å². The van der Waals surface area contributed by atoms with Gasteiger partial charge in [0.05, 0.1) is 6.42 Å². The SMILES string of the molecule is [O-][N+]#CCCCCn1ccc2ccccc21. The van der Waals surface area contributed by atoms with Gasteiger partial charge in [0.2, 0.25) is 0 Å². The Hall–Kier alpha value is -1.95. The Morgan fingerprint density at radius 3 is 2.94 bits per heavy atom. The molecule has 0 N–H and O–H groups in total. The summed E-state index contributed by atoms with van der Waals surface area (Å²) in [6, 6.07) is 12.9. The first-order valence-electron chi connectivity index (χ1n) is 5.51. The largest absolute Gasteiger partial charge is 0.498 e. The molecule has 1 heterocycles. The molecule has 82 valence electrons. The number of unbranched alkanes of at least 4 members (excludes halogenated alkanes) is 2. The third kappa shape index (κ3) is 2.34. The van der Waals surface area contributed by atoms with Crippen LogP contribution in [0.2, 0.25) is 0 Å². The van der Waals surface area contributed by atoms with E-state index in [4.69, 9.17) is 0 Å². The van der Waals surface area contributed by atoms with E-state index in [9.17, 15) is 5.21 Å². The van der Waals surface area contributed by atoms with Gasteiger partial charge in [-0.15, -0.1) is 0 Å². The molecule has 0 saturated carbocycles. The average molecular weight is 214 g/mol. The lowest BCUT2D eigenvalue weighted by molar-refractivity contribution is 0.633. The van der Waals surface area contributed by atoms with Crippen molar-refractivity contribution in [1.29, 1.82) is 0 Å². The number of para-hydroxylation sites is 1. The molecule has 1 aromatic carbocycles. The second-order valence-corrected chi connectivity index (χ2v) is 3.77. The normalized spacial score (nSPS) is 10.0. The number of hydrogen-bond donors (Lipinski definition) is 0. The summed E-state index contributed by atoms with van der Waals surface area (Å²) in [5, 5.41) is 13.7. The Balaban J connectivity index is 1.96. The molecule has 0 unspecified atom stereocenters. The van der Waals surface area contributed by atoms with E-state index < -0.39 is 0 Å². The van der Waals surface area contributed by atoms with E-state index in [1.165, 1.54) is 10.9 Å². The maximum Gasteiger partial charge on any atom is 0.298 e. The van der Waals surface area contributed by atoms with E-state index in [-0.39, 0.29) is 0 Å². The predicted molar refractivity (Wildman–Crippen MR) is 66.4 cm³/mol. The van der Waals surface area contributed by atoms with Crippen molar-refractivity contribution in [3.63, 3.8) is 0 Å². The van der Waals surface area contributed by atoms with Gasteiger partial charge in [0.25, 0.3) is 6.07 Å². The number of aryl methyl sites for hydroxylation is 1. The van der Waals surface area contributed by atoms with Gasteiger partial charge in [-0.3, -0.25) is 0 Å². The Morgan fingerprint density at radius 1 is 1.19 bits per heavy atom. The van der Waals surface area contributed by atoms with E-state index in [1.54, 1.807) is 0 Å². The van der Waals surface area contributed by atoms with Crippen LogP contribution >= 0.6 is 0 Å². The Morgan fingerprint density at radius 2 is 2.06 bits per heavy atom. The monoisotopic (exact) mass is 214 g/mol. The van der Waals surface area contributed by atoms with Crippen LogP contribution in [-0.2, 0) is 6.54 Å². The van der Waals surface area contributed by atoms with Crippen molar-refractivity contribution in [1.82, 2.24) is 4.57 Å². The van der Waals surface area contributed by atoms with Crippen molar-refractivity contribution in [2.24, 2.45) is 0 Å². The molecule has 3 heteroatoms. The van der Waals surface area contributed by atoms with Crippen molar-refractivity contribution in [3.8, 4) is 6.07 Å². The highest BCUT2D eigenvalue weighted by Crippen LogP contribution is 2.15. The number of fused-ring (bicyclic) bond motifs is 1. The molecule has 0 atom stereocenters. The van der Waals surface area contributed by atoms with Gasteiger partial charge >= 0.3 is 0 Å². The summed E-state index contributed by atoms with van der Waals surface area (Å²) in [5.74, 6) is 0. The molecular weight excluding hydrogens is 200 g/mol. The molecule has 0 aliphatic heterocycles. The molecule has 0 radical (unpaired) electrons. The van der Waals surface area contributed by atoms with Crippen molar-refractivity contribution in [2.75, 3.05) is 0 Å². The first-order valence-corrected chi connectivity index (χ1v) is 5.51. The van der Waals surface area contributed by atoms with Crippen molar-refractivity contribution < 1.29 is 0 Å². The van der Waals surface area contributed by atoms with Gasteiger partial charge in [0.1, 0.15) is 0 Å². The second-order valence-electron chi connectivity index (χ2n) is 3.77. The van der Waals surface area contributed by atoms with Gasteiger partial charge < -0.3 is 9.77 Å². The summed E-state index contributed by atoms with van der Waals surface area (Å²) < 4.78 is 2.24. The third-order valence-corrected chi connectivity index (χ3v) is 2.68. The summed E-state index contributed by atoms with van der Waals surface area (Å²) in [7, 11) is 0. The van der Waals surface area contributed by atoms with E-state index in [1.807, 2.05) is 6.07 Å². The van der Waals surface area contributed by atoms with E-state index in [0.29, 0.717) is 6.42 Å². The predicted octanol–water partition coefficient (Wildman–Crippen LogP) is 3.64. The van der Waals surface area contributed by atoms with Crippen molar-refractivity contribution in [2.45, 2.75) is 25.8 Å². The summed E-state index contributed by atoms with van der Waals surface area (Å²) >= 11 is 0. The molecule has 0 saturated heterocycles. The third-order valence-electron chi connectivity index (χ3n) is 2.68. The van der Waals surface area contributed by atoms with Gasteiger partial charge in [-0.25, -0.2) is 0 Å². The molecule has 0 aliphatic rings. The van der Waals surface area contributed by atoms with E-state index in [2.05, 4.69) is 46.1 Å². The molecule has 0 amide bonds. The van der Waals surface area contributed by atoms with Crippen LogP contribution in [0, 0.1) is 11.3 Å². The second kappa shape index (κ2) is 5.22.